The maximum atomic E-state index is 12.0. The molecule has 6 nitrogen and oxygen atoms in total. The number of aromatic amines is 1. The number of rotatable bonds is 6. The summed E-state index contributed by atoms with van der Waals surface area (Å²) in [5, 5.41) is 10.5. The van der Waals surface area contributed by atoms with Crippen LogP contribution in [0.1, 0.15) is 44.3 Å². The van der Waals surface area contributed by atoms with Gasteiger partial charge < -0.3 is 10.1 Å². The highest BCUT2D eigenvalue weighted by atomic mass is 32.2. The minimum Gasteiger partial charge on any atom is -0.376 e. The standard InChI is InChI=1S/C13H20N4O2S/c1-8(12(18)14-7-10-3-2-6-19-10)20-13-15-11(16-17-13)9-4-5-9/h8-10H,2-7H2,1H3,(H,14,18)(H,15,16,17). The van der Waals surface area contributed by atoms with Crippen LogP contribution in [0.15, 0.2) is 5.16 Å². The number of nitrogens with one attached hydrogen (secondary N) is 2. The molecule has 2 fully saturated rings. The number of ether oxygens (including phenoxy) is 1. The van der Waals surface area contributed by atoms with Crippen molar-refractivity contribution < 1.29 is 9.53 Å². The summed E-state index contributed by atoms with van der Waals surface area (Å²) in [6.07, 6.45) is 4.69. The fourth-order valence-electron chi connectivity index (χ4n) is 2.23. The highest BCUT2D eigenvalue weighted by Gasteiger charge is 2.28. The Hall–Kier alpha value is -1.08. The van der Waals surface area contributed by atoms with Gasteiger partial charge in [-0.25, -0.2) is 4.98 Å². The van der Waals surface area contributed by atoms with Crippen molar-refractivity contribution in [3.05, 3.63) is 5.82 Å². The minimum atomic E-state index is -0.195. The van der Waals surface area contributed by atoms with Crippen LogP contribution < -0.4 is 5.32 Å². The molecule has 1 aliphatic carbocycles. The molecule has 0 radical (unpaired) electrons. The van der Waals surface area contributed by atoms with E-state index in [9.17, 15) is 4.79 Å². The number of carbonyl (C=O) groups excluding carboxylic acids is 1. The molecular weight excluding hydrogens is 276 g/mol. The predicted octanol–water partition coefficient (Wildman–Crippen LogP) is 1.46. The summed E-state index contributed by atoms with van der Waals surface area (Å²) < 4.78 is 5.49. The third-order valence-corrected chi connectivity index (χ3v) is 4.59. The molecule has 1 saturated carbocycles. The molecule has 1 aliphatic heterocycles. The van der Waals surface area contributed by atoms with Crippen LogP contribution in [0.5, 0.6) is 0 Å². The highest BCUT2D eigenvalue weighted by Crippen LogP contribution is 2.38. The average molecular weight is 296 g/mol. The lowest BCUT2D eigenvalue weighted by Gasteiger charge is -2.13. The summed E-state index contributed by atoms with van der Waals surface area (Å²) >= 11 is 1.39. The molecule has 110 valence electrons. The van der Waals surface area contributed by atoms with E-state index in [0.717, 1.165) is 25.3 Å². The fraction of sp³-hybridized carbons (Fsp3) is 0.769. The van der Waals surface area contributed by atoms with Gasteiger partial charge in [0.1, 0.15) is 5.82 Å². The number of nitrogens with zero attached hydrogens (tertiary/aromatic N) is 2. The molecule has 0 spiro atoms. The van der Waals surface area contributed by atoms with Gasteiger partial charge in [0.25, 0.3) is 0 Å². The first-order valence-corrected chi connectivity index (χ1v) is 8.08. The van der Waals surface area contributed by atoms with Gasteiger partial charge in [0.2, 0.25) is 11.1 Å². The third kappa shape index (κ3) is 3.52. The quantitative estimate of drug-likeness (QED) is 0.777. The number of thioether (sulfide) groups is 1. The minimum absolute atomic E-state index is 0.0169. The zero-order chi connectivity index (χ0) is 13.9. The van der Waals surface area contributed by atoms with E-state index in [1.54, 1.807) is 0 Å². The summed E-state index contributed by atoms with van der Waals surface area (Å²) in [4.78, 5) is 16.4. The number of carbonyl (C=O) groups is 1. The summed E-state index contributed by atoms with van der Waals surface area (Å²) in [5.41, 5.74) is 0. The van der Waals surface area contributed by atoms with Gasteiger partial charge in [-0.2, -0.15) is 0 Å². The molecule has 1 aromatic rings. The SMILES string of the molecule is CC(Sc1n[nH]c(C2CC2)n1)C(=O)NCC1CCCO1. The number of H-pyrrole nitrogens is 1. The molecule has 1 saturated heterocycles. The third-order valence-electron chi connectivity index (χ3n) is 3.63. The van der Waals surface area contributed by atoms with Crippen LogP contribution in [0, 0.1) is 0 Å². The number of hydrogen-bond donors (Lipinski definition) is 2. The zero-order valence-corrected chi connectivity index (χ0v) is 12.4. The smallest absolute Gasteiger partial charge is 0.233 e. The van der Waals surface area contributed by atoms with Crippen LogP contribution in [0.4, 0.5) is 0 Å². The lowest BCUT2D eigenvalue weighted by atomic mass is 10.2. The van der Waals surface area contributed by atoms with Crippen LogP contribution in [0.25, 0.3) is 0 Å². The molecule has 0 bridgehead atoms. The van der Waals surface area contributed by atoms with Gasteiger partial charge in [0, 0.05) is 19.1 Å². The van der Waals surface area contributed by atoms with E-state index < -0.39 is 0 Å². The molecule has 0 aromatic carbocycles. The molecule has 2 heterocycles. The Bertz CT molecular complexity index is 469. The molecule has 7 heteroatoms. The summed E-state index contributed by atoms with van der Waals surface area (Å²) in [7, 11) is 0. The first-order chi connectivity index (χ1) is 9.72. The lowest BCUT2D eigenvalue weighted by Crippen LogP contribution is -2.36. The van der Waals surface area contributed by atoms with Crippen molar-refractivity contribution in [2.24, 2.45) is 0 Å². The summed E-state index contributed by atoms with van der Waals surface area (Å²) in [6, 6.07) is 0. The van der Waals surface area contributed by atoms with Crippen molar-refractivity contribution >= 4 is 17.7 Å². The normalized spacial score (nSPS) is 23.8. The van der Waals surface area contributed by atoms with Gasteiger partial charge in [0.05, 0.1) is 11.4 Å². The fourth-order valence-corrected chi connectivity index (χ4v) is 2.98. The first-order valence-electron chi connectivity index (χ1n) is 7.20. The number of aromatic nitrogens is 3. The van der Waals surface area contributed by atoms with Gasteiger partial charge in [-0.1, -0.05) is 11.8 Å². The molecule has 2 unspecified atom stereocenters. The largest absolute Gasteiger partial charge is 0.376 e. The van der Waals surface area contributed by atoms with Gasteiger partial charge in [-0.05, 0) is 32.6 Å². The van der Waals surface area contributed by atoms with Crippen molar-refractivity contribution in [3.63, 3.8) is 0 Å². The van der Waals surface area contributed by atoms with Crippen molar-refractivity contribution in [1.29, 1.82) is 0 Å². The van der Waals surface area contributed by atoms with Crippen LogP contribution in [-0.4, -0.2) is 45.6 Å². The Morgan fingerprint density at radius 2 is 2.40 bits per heavy atom. The Balaban J connectivity index is 1.44. The van der Waals surface area contributed by atoms with E-state index in [4.69, 9.17) is 4.74 Å². The molecule has 3 rings (SSSR count). The second-order valence-corrected chi connectivity index (χ2v) is 6.73. The van der Waals surface area contributed by atoms with Gasteiger partial charge in [-0.3, -0.25) is 9.89 Å². The topological polar surface area (TPSA) is 79.9 Å². The highest BCUT2D eigenvalue weighted by molar-refractivity contribution is 8.00. The summed E-state index contributed by atoms with van der Waals surface area (Å²) in [6.45, 7) is 3.29. The Morgan fingerprint density at radius 1 is 1.55 bits per heavy atom. The lowest BCUT2D eigenvalue weighted by molar-refractivity contribution is -0.120. The van der Waals surface area contributed by atoms with Crippen LogP contribution >= 0.6 is 11.8 Å². The van der Waals surface area contributed by atoms with Crippen molar-refractivity contribution in [3.8, 4) is 0 Å². The Kier molecular flexibility index (Phi) is 4.26. The number of amides is 1. The molecular formula is C13H20N4O2S. The Labute approximate surface area is 122 Å². The van der Waals surface area contributed by atoms with Crippen molar-refractivity contribution in [2.45, 2.75) is 55.0 Å². The molecule has 2 N–H and O–H groups in total. The monoisotopic (exact) mass is 296 g/mol. The maximum Gasteiger partial charge on any atom is 0.233 e. The molecule has 20 heavy (non-hydrogen) atoms. The van der Waals surface area contributed by atoms with Gasteiger partial charge in [0.15, 0.2) is 0 Å². The van der Waals surface area contributed by atoms with Crippen molar-refractivity contribution in [2.75, 3.05) is 13.2 Å². The van der Waals surface area contributed by atoms with E-state index in [-0.39, 0.29) is 17.3 Å². The van der Waals surface area contributed by atoms with E-state index in [1.807, 2.05) is 6.92 Å². The zero-order valence-electron chi connectivity index (χ0n) is 11.6. The second kappa shape index (κ2) is 6.13. The van der Waals surface area contributed by atoms with Crippen LogP contribution in [-0.2, 0) is 9.53 Å². The van der Waals surface area contributed by atoms with Gasteiger partial charge in [-0.15, -0.1) is 5.10 Å². The molecule has 1 amide bonds. The maximum absolute atomic E-state index is 12.0. The second-order valence-electron chi connectivity index (χ2n) is 5.42. The van der Waals surface area contributed by atoms with E-state index in [2.05, 4.69) is 20.5 Å². The summed E-state index contributed by atoms with van der Waals surface area (Å²) in [5.74, 6) is 1.53. The van der Waals surface area contributed by atoms with Crippen molar-refractivity contribution in [1.82, 2.24) is 20.5 Å². The Morgan fingerprint density at radius 3 is 3.10 bits per heavy atom. The van der Waals surface area contributed by atoms with Gasteiger partial charge >= 0.3 is 0 Å². The van der Waals surface area contributed by atoms with E-state index in [1.165, 1.54) is 24.6 Å². The molecule has 1 aromatic heterocycles. The predicted molar refractivity (Wildman–Crippen MR) is 75.7 cm³/mol. The average Bonchev–Trinajstić information content (AvgIpc) is 2.98. The van der Waals surface area contributed by atoms with Crippen LogP contribution in [0.2, 0.25) is 0 Å². The molecule has 2 atom stereocenters. The van der Waals surface area contributed by atoms with E-state index in [0.29, 0.717) is 17.6 Å². The first kappa shape index (κ1) is 13.9. The molecule has 2 aliphatic rings. The van der Waals surface area contributed by atoms with Crippen LogP contribution in [0.3, 0.4) is 0 Å². The van der Waals surface area contributed by atoms with E-state index >= 15 is 0 Å². The number of hydrogen-bond acceptors (Lipinski definition) is 5.